The monoisotopic (exact) mass is 605 g/mol. The number of nitrogens with one attached hydrogen (secondary N) is 1. The number of rotatable bonds is 12. The van der Waals surface area contributed by atoms with Crippen LogP contribution in [0, 0.1) is 0 Å². The third-order valence-corrected chi connectivity index (χ3v) is 6.76. The number of aliphatic carboxylic acids is 1. The van der Waals surface area contributed by atoms with Crippen LogP contribution < -0.4 is 10.1 Å². The Morgan fingerprint density at radius 1 is 0.773 bits per heavy atom. The predicted octanol–water partition coefficient (Wildman–Crippen LogP) is 7.09. The number of benzene rings is 4. The maximum absolute atomic E-state index is 12.6. The van der Waals surface area contributed by atoms with Gasteiger partial charge in [0, 0.05) is 12.1 Å². The van der Waals surface area contributed by atoms with Crippen molar-refractivity contribution in [2.75, 3.05) is 13.2 Å². The maximum Gasteiger partial charge on any atom is 0.573 e. The first-order valence-corrected chi connectivity index (χ1v) is 13.9. The third-order valence-electron chi connectivity index (χ3n) is 6.76. The lowest BCUT2D eigenvalue weighted by atomic mass is 9.91. The first-order valence-electron chi connectivity index (χ1n) is 13.9. The maximum atomic E-state index is 12.6. The van der Waals surface area contributed by atoms with E-state index >= 15 is 0 Å². The van der Waals surface area contributed by atoms with Crippen LogP contribution >= 0.6 is 0 Å². The fourth-order valence-corrected chi connectivity index (χ4v) is 4.60. The molecule has 0 radical (unpaired) electrons. The third kappa shape index (κ3) is 8.94. The molecule has 0 saturated carbocycles. The van der Waals surface area contributed by atoms with Crippen molar-refractivity contribution in [2.45, 2.75) is 32.5 Å². The summed E-state index contributed by atoms with van der Waals surface area (Å²) >= 11 is 0. The van der Waals surface area contributed by atoms with E-state index in [-0.39, 0.29) is 31.2 Å². The molecule has 4 rings (SSSR count). The normalized spacial score (nSPS) is 11.1. The van der Waals surface area contributed by atoms with Crippen LogP contribution in [0.5, 0.6) is 5.75 Å². The topological polar surface area (TPSA) is 102 Å². The van der Waals surface area contributed by atoms with Gasteiger partial charge in [0.15, 0.2) is 0 Å². The SMILES string of the molecule is CCOC(=O)c1ccc(-c2ccc(-c3ccc(OC(F)(F)F)cc3)cc2CCc2ccc(C(=O)NCCC(=O)O)cc2)cc1. The Morgan fingerprint density at radius 2 is 1.39 bits per heavy atom. The lowest BCUT2D eigenvalue weighted by molar-refractivity contribution is -0.274. The average molecular weight is 606 g/mol. The molecule has 0 aliphatic heterocycles. The number of hydrogen-bond acceptors (Lipinski definition) is 5. The summed E-state index contributed by atoms with van der Waals surface area (Å²) in [5.41, 5.74) is 6.11. The van der Waals surface area contributed by atoms with Crippen molar-refractivity contribution < 1.29 is 42.1 Å². The summed E-state index contributed by atoms with van der Waals surface area (Å²) in [5.74, 6) is -2.07. The molecule has 4 aromatic rings. The number of alkyl halides is 3. The molecular weight excluding hydrogens is 575 g/mol. The van der Waals surface area contributed by atoms with Gasteiger partial charge in [-0.1, -0.05) is 54.6 Å². The first kappa shape index (κ1) is 31.8. The Hall–Kier alpha value is -5.12. The van der Waals surface area contributed by atoms with Gasteiger partial charge in [-0.15, -0.1) is 13.2 Å². The van der Waals surface area contributed by atoms with E-state index in [1.165, 1.54) is 12.1 Å². The first-order chi connectivity index (χ1) is 21.0. The van der Waals surface area contributed by atoms with E-state index in [0.29, 0.717) is 29.5 Å². The van der Waals surface area contributed by atoms with Crippen molar-refractivity contribution in [1.82, 2.24) is 5.32 Å². The molecule has 0 atom stereocenters. The lowest BCUT2D eigenvalue weighted by Gasteiger charge is -2.14. The highest BCUT2D eigenvalue weighted by Crippen LogP contribution is 2.32. The molecule has 7 nitrogen and oxygen atoms in total. The molecule has 1 amide bonds. The molecule has 0 aromatic heterocycles. The van der Waals surface area contributed by atoms with Crippen LogP contribution in [0.15, 0.2) is 91.0 Å². The van der Waals surface area contributed by atoms with E-state index in [9.17, 15) is 27.6 Å². The summed E-state index contributed by atoms with van der Waals surface area (Å²) < 4.78 is 46.9. The fourth-order valence-electron chi connectivity index (χ4n) is 4.60. The Kier molecular flexibility index (Phi) is 10.4. The van der Waals surface area contributed by atoms with E-state index < -0.39 is 18.3 Å². The molecular formula is C34H30F3NO6. The molecule has 10 heteroatoms. The summed E-state index contributed by atoms with van der Waals surface area (Å²) in [7, 11) is 0. The summed E-state index contributed by atoms with van der Waals surface area (Å²) in [4.78, 5) is 35.1. The minimum atomic E-state index is -4.78. The lowest BCUT2D eigenvalue weighted by Crippen LogP contribution is -2.25. The number of carboxylic acids is 1. The smallest absolute Gasteiger partial charge is 0.481 e. The number of carboxylic acid groups (broad SMARTS) is 1. The van der Waals surface area contributed by atoms with Gasteiger partial charge in [0.25, 0.3) is 5.91 Å². The Balaban J connectivity index is 1.57. The number of ether oxygens (including phenoxy) is 2. The van der Waals surface area contributed by atoms with E-state index in [4.69, 9.17) is 9.84 Å². The van der Waals surface area contributed by atoms with Crippen LogP contribution in [-0.4, -0.2) is 42.5 Å². The van der Waals surface area contributed by atoms with E-state index in [1.807, 2.05) is 42.5 Å². The Morgan fingerprint density at radius 3 is 2.00 bits per heavy atom. The zero-order chi connectivity index (χ0) is 31.7. The van der Waals surface area contributed by atoms with Crippen molar-refractivity contribution in [3.63, 3.8) is 0 Å². The van der Waals surface area contributed by atoms with Crippen molar-refractivity contribution in [3.8, 4) is 28.0 Å². The molecule has 0 saturated heterocycles. The summed E-state index contributed by atoms with van der Waals surface area (Å²) in [6.07, 6.45) is -3.72. The average Bonchev–Trinajstić information content (AvgIpc) is 3.00. The van der Waals surface area contributed by atoms with Crippen LogP contribution in [0.1, 0.15) is 45.2 Å². The molecule has 0 heterocycles. The van der Waals surface area contributed by atoms with Gasteiger partial charge < -0.3 is 19.9 Å². The van der Waals surface area contributed by atoms with Gasteiger partial charge in [0.1, 0.15) is 5.75 Å². The van der Waals surface area contributed by atoms with Gasteiger partial charge in [-0.3, -0.25) is 9.59 Å². The van der Waals surface area contributed by atoms with Crippen molar-refractivity contribution in [1.29, 1.82) is 0 Å². The molecule has 0 unspecified atom stereocenters. The highest BCUT2D eigenvalue weighted by Gasteiger charge is 2.31. The van der Waals surface area contributed by atoms with Gasteiger partial charge in [0.2, 0.25) is 0 Å². The molecule has 2 N–H and O–H groups in total. The number of carbonyl (C=O) groups excluding carboxylic acids is 2. The molecule has 0 aliphatic carbocycles. The zero-order valence-electron chi connectivity index (χ0n) is 23.8. The number of esters is 1. The van der Waals surface area contributed by atoms with Crippen LogP contribution in [0.3, 0.4) is 0 Å². The highest BCUT2D eigenvalue weighted by atomic mass is 19.4. The molecule has 0 aliphatic rings. The highest BCUT2D eigenvalue weighted by molar-refractivity contribution is 5.94. The summed E-state index contributed by atoms with van der Waals surface area (Å²) in [5, 5.41) is 11.3. The minimum absolute atomic E-state index is 0.0356. The second-order valence-electron chi connectivity index (χ2n) is 9.84. The molecule has 0 bridgehead atoms. The molecule has 0 spiro atoms. The van der Waals surface area contributed by atoms with Gasteiger partial charge in [-0.2, -0.15) is 0 Å². The van der Waals surface area contributed by atoms with E-state index in [0.717, 1.165) is 27.8 Å². The quantitative estimate of drug-likeness (QED) is 0.167. The van der Waals surface area contributed by atoms with Crippen LogP contribution in [0.25, 0.3) is 22.3 Å². The van der Waals surface area contributed by atoms with Gasteiger partial charge in [-0.25, -0.2) is 4.79 Å². The standard InChI is InChI=1S/C34H30F3NO6/c1-2-43-33(42)26-11-9-24(10-12-26)30-18-15-27(23-13-16-29(17-14-23)44-34(35,36)37)21-28(30)8-5-22-3-6-25(7-4-22)32(41)38-20-19-31(39)40/h3-4,6-7,9-18,21H,2,5,8,19-20H2,1H3,(H,38,41)(H,39,40). The number of aryl methyl sites for hydroxylation is 2. The van der Waals surface area contributed by atoms with Crippen LogP contribution in [0.2, 0.25) is 0 Å². The van der Waals surface area contributed by atoms with Crippen LogP contribution in [0.4, 0.5) is 13.2 Å². The molecule has 0 fully saturated rings. The second kappa shape index (κ2) is 14.4. The van der Waals surface area contributed by atoms with Gasteiger partial charge >= 0.3 is 18.3 Å². The van der Waals surface area contributed by atoms with Gasteiger partial charge in [0.05, 0.1) is 18.6 Å². The molecule has 4 aromatic carbocycles. The largest absolute Gasteiger partial charge is 0.573 e. The van der Waals surface area contributed by atoms with Crippen molar-refractivity contribution >= 4 is 17.8 Å². The van der Waals surface area contributed by atoms with E-state index in [1.54, 1.807) is 43.3 Å². The number of amides is 1. The van der Waals surface area contributed by atoms with Crippen molar-refractivity contribution in [2.24, 2.45) is 0 Å². The fraction of sp³-hybridized carbons (Fsp3) is 0.206. The second-order valence-corrected chi connectivity index (χ2v) is 9.84. The molecule has 228 valence electrons. The number of hydrogen-bond donors (Lipinski definition) is 2. The van der Waals surface area contributed by atoms with Gasteiger partial charge in [-0.05, 0) is 89.5 Å². The minimum Gasteiger partial charge on any atom is -0.481 e. The summed E-state index contributed by atoms with van der Waals surface area (Å²) in [6, 6.07) is 25.6. The Bertz CT molecular complexity index is 1600. The van der Waals surface area contributed by atoms with Crippen LogP contribution in [-0.2, 0) is 22.4 Å². The number of carbonyl (C=O) groups is 3. The molecule has 44 heavy (non-hydrogen) atoms. The van der Waals surface area contributed by atoms with E-state index in [2.05, 4.69) is 10.1 Å². The zero-order valence-corrected chi connectivity index (χ0v) is 23.8. The number of halogens is 3. The van der Waals surface area contributed by atoms with Crippen molar-refractivity contribution in [3.05, 3.63) is 113 Å². The predicted molar refractivity (Wildman–Crippen MR) is 158 cm³/mol. The Labute approximate surface area is 252 Å². The summed E-state index contributed by atoms with van der Waals surface area (Å²) in [6.45, 7) is 2.04.